The van der Waals surface area contributed by atoms with Crippen LogP contribution in [0.5, 0.6) is 0 Å². The summed E-state index contributed by atoms with van der Waals surface area (Å²) in [5.74, 6) is 0.0882. The van der Waals surface area contributed by atoms with E-state index in [9.17, 15) is 25.5 Å². The third kappa shape index (κ3) is 2.21. The molecule has 5 heteroatoms. The minimum absolute atomic E-state index is 0.00157. The van der Waals surface area contributed by atoms with Gasteiger partial charge in [0.15, 0.2) is 0 Å². The Balaban J connectivity index is 1.77. The molecule has 0 aromatic rings. The summed E-state index contributed by atoms with van der Waals surface area (Å²) in [6.07, 6.45) is 5.97. The van der Waals surface area contributed by atoms with Crippen LogP contribution in [0.3, 0.4) is 0 Å². The Morgan fingerprint density at radius 1 is 1.15 bits per heavy atom. The predicted octanol–water partition coefficient (Wildman–Crippen LogP) is 1.29. The lowest BCUT2D eigenvalue weighted by molar-refractivity contribution is -0.179. The second-order valence-corrected chi connectivity index (χ2v) is 9.55. The van der Waals surface area contributed by atoms with Crippen molar-refractivity contribution in [2.24, 2.45) is 22.7 Å². The van der Waals surface area contributed by atoms with Gasteiger partial charge in [-0.05, 0) is 49.9 Å². The van der Waals surface area contributed by atoms with Gasteiger partial charge < -0.3 is 25.5 Å². The van der Waals surface area contributed by atoms with Gasteiger partial charge in [0, 0.05) is 11.3 Å². The summed E-state index contributed by atoms with van der Waals surface area (Å²) >= 11 is 0. The van der Waals surface area contributed by atoms with Crippen molar-refractivity contribution < 1.29 is 25.5 Å². The lowest BCUT2D eigenvalue weighted by Crippen LogP contribution is -2.60. The third-order valence-electron chi connectivity index (χ3n) is 8.43. The van der Waals surface area contributed by atoms with Gasteiger partial charge in [0.05, 0.1) is 24.4 Å². The molecule has 0 aliphatic heterocycles. The summed E-state index contributed by atoms with van der Waals surface area (Å²) in [7, 11) is 0. The number of allylic oxidation sites excluding steroid dienone is 2. The molecule has 0 aromatic heterocycles. The molecule has 0 aromatic carbocycles. The van der Waals surface area contributed by atoms with E-state index in [1.54, 1.807) is 0 Å². The van der Waals surface area contributed by atoms with Crippen LogP contribution in [0.15, 0.2) is 23.3 Å². The molecule has 4 aliphatic rings. The summed E-state index contributed by atoms with van der Waals surface area (Å²) < 4.78 is 0. The van der Waals surface area contributed by atoms with Crippen LogP contribution >= 0.6 is 0 Å². The highest BCUT2D eigenvalue weighted by Gasteiger charge is 2.66. The minimum atomic E-state index is -1.38. The van der Waals surface area contributed by atoms with Crippen LogP contribution < -0.4 is 0 Å². The van der Waals surface area contributed by atoms with Gasteiger partial charge in [0.1, 0.15) is 6.10 Å². The van der Waals surface area contributed by atoms with E-state index in [0.29, 0.717) is 19.3 Å². The fraction of sp³-hybridized carbons (Fsp3) is 0.810. The quantitative estimate of drug-likeness (QED) is 0.508. The molecule has 0 spiro atoms. The molecule has 0 heterocycles. The smallest absolute Gasteiger partial charge is 0.106 e. The molecule has 26 heavy (non-hydrogen) atoms. The molecule has 4 rings (SSSR count). The molecule has 3 saturated carbocycles. The van der Waals surface area contributed by atoms with Gasteiger partial charge in [0.2, 0.25) is 0 Å². The second-order valence-electron chi connectivity index (χ2n) is 9.55. The molecule has 0 unspecified atom stereocenters. The van der Waals surface area contributed by atoms with E-state index >= 15 is 0 Å². The van der Waals surface area contributed by atoms with E-state index < -0.39 is 29.8 Å². The average Bonchev–Trinajstić information content (AvgIpc) is 2.86. The van der Waals surface area contributed by atoms with Crippen molar-refractivity contribution in [3.8, 4) is 0 Å². The zero-order valence-electron chi connectivity index (χ0n) is 15.7. The number of rotatable bonds is 2. The van der Waals surface area contributed by atoms with E-state index in [0.717, 1.165) is 19.3 Å². The van der Waals surface area contributed by atoms with Crippen molar-refractivity contribution in [2.75, 3.05) is 6.61 Å². The Hall–Kier alpha value is -0.720. The fourth-order valence-electron chi connectivity index (χ4n) is 6.85. The van der Waals surface area contributed by atoms with Crippen LogP contribution in [0.4, 0.5) is 0 Å². The number of aliphatic hydroxyl groups excluding tert-OH is 4. The number of fused-ring (bicyclic) bond motifs is 5. The summed E-state index contributed by atoms with van der Waals surface area (Å²) in [5, 5.41) is 52.3. The largest absolute Gasteiger partial charge is 0.394 e. The number of hydrogen-bond acceptors (Lipinski definition) is 5. The van der Waals surface area contributed by atoms with Crippen LogP contribution in [-0.2, 0) is 0 Å². The summed E-state index contributed by atoms with van der Waals surface area (Å²) in [6.45, 7) is 3.69. The zero-order chi connectivity index (χ0) is 18.9. The predicted molar refractivity (Wildman–Crippen MR) is 97.1 cm³/mol. The van der Waals surface area contributed by atoms with Crippen LogP contribution in [0.2, 0.25) is 0 Å². The highest BCUT2D eigenvalue weighted by molar-refractivity contribution is 5.41. The van der Waals surface area contributed by atoms with Crippen molar-refractivity contribution in [3.05, 3.63) is 23.3 Å². The molecule has 5 nitrogen and oxygen atoms in total. The highest BCUT2D eigenvalue weighted by Crippen LogP contribution is 2.66. The molecule has 0 radical (unpaired) electrons. The van der Waals surface area contributed by atoms with Crippen LogP contribution in [0.25, 0.3) is 0 Å². The van der Waals surface area contributed by atoms with Gasteiger partial charge in [-0.2, -0.15) is 0 Å². The number of hydrogen-bond donors (Lipinski definition) is 5. The maximum atomic E-state index is 11.3. The first-order valence-corrected chi connectivity index (χ1v) is 9.96. The van der Waals surface area contributed by atoms with Crippen LogP contribution in [0.1, 0.15) is 52.4 Å². The third-order valence-corrected chi connectivity index (χ3v) is 8.43. The fourth-order valence-corrected chi connectivity index (χ4v) is 6.85. The molecule has 8 atom stereocenters. The van der Waals surface area contributed by atoms with E-state index in [2.05, 4.69) is 19.1 Å². The highest BCUT2D eigenvalue weighted by atomic mass is 16.4. The van der Waals surface area contributed by atoms with Crippen molar-refractivity contribution in [1.82, 2.24) is 0 Å². The van der Waals surface area contributed by atoms with Gasteiger partial charge in [0.25, 0.3) is 0 Å². The Labute approximate surface area is 155 Å². The topological polar surface area (TPSA) is 101 Å². The second kappa shape index (κ2) is 5.89. The Morgan fingerprint density at radius 2 is 1.88 bits per heavy atom. The van der Waals surface area contributed by atoms with E-state index in [1.165, 1.54) is 11.1 Å². The van der Waals surface area contributed by atoms with E-state index in [4.69, 9.17) is 0 Å². The maximum absolute atomic E-state index is 11.3. The van der Waals surface area contributed by atoms with Crippen molar-refractivity contribution >= 4 is 0 Å². The lowest BCUT2D eigenvalue weighted by Gasteiger charge is -2.58. The van der Waals surface area contributed by atoms with E-state index in [-0.39, 0.29) is 23.4 Å². The van der Waals surface area contributed by atoms with Gasteiger partial charge in [-0.1, -0.05) is 37.1 Å². The molecule has 5 N–H and O–H groups in total. The van der Waals surface area contributed by atoms with Crippen LogP contribution in [-0.4, -0.2) is 56.1 Å². The maximum Gasteiger partial charge on any atom is 0.106 e. The van der Waals surface area contributed by atoms with Crippen molar-refractivity contribution in [1.29, 1.82) is 0 Å². The normalized spacial score (nSPS) is 51.7. The van der Waals surface area contributed by atoms with Gasteiger partial charge in [-0.15, -0.1) is 0 Å². The Bertz CT molecular complexity index is 657. The standard InChI is InChI=1S/C21H32O5/c1-19-7-5-13(23)9-12(19)3-4-14-15-6-8-21(26,17(25)11-22)20(15,2)10-16(24)18(14)19/h3-4,13,15-18,22-26H,5-11H2,1-2H3/t13-,15-,16-,17-,18+,19-,20-,21-/m0/s1. The first-order chi connectivity index (χ1) is 12.2. The monoisotopic (exact) mass is 364 g/mol. The van der Waals surface area contributed by atoms with Gasteiger partial charge in [-0.3, -0.25) is 0 Å². The van der Waals surface area contributed by atoms with Crippen molar-refractivity contribution in [3.63, 3.8) is 0 Å². The van der Waals surface area contributed by atoms with Crippen molar-refractivity contribution in [2.45, 2.75) is 76.3 Å². The zero-order valence-corrected chi connectivity index (χ0v) is 15.7. The molecule has 0 bridgehead atoms. The molecule has 4 aliphatic carbocycles. The average molecular weight is 364 g/mol. The van der Waals surface area contributed by atoms with Gasteiger partial charge >= 0.3 is 0 Å². The number of aliphatic hydroxyl groups is 5. The first kappa shape index (κ1) is 18.6. The minimum Gasteiger partial charge on any atom is -0.394 e. The van der Waals surface area contributed by atoms with Gasteiger partial charge in [-0.25, -0.2) is 0 Å². The molecule has 0 amide bonds. The van der Waals surface area contributed by atoms with Crippen LogP contribution in [0, 0.1) is 22.7 Å². The Kier molecular flexibility index (Phi) is 4.22. The summed E-state index contributed by atoms with van der Waals surface area (Å²) in [4.78, 5) is 0. The molecule has 0 saturated heterocycles. The summed E-state index contributed by atoms with van der Waals surface area (Å²) in [5.41, 5.74) is 0.200. The lowest BCUT2D eigenvalue weighted by atomic mass is 9.48. The first-order valence-electron chi connectivity index (χ1n) is 9.96. The molecular weight excluding hydrogens is 332 g/mol. The Morgan fingerprint density at radius 3 is 2.58 bits per heavy atom. The molecule has 146 valence electrons. The summed E-state index contributed by atoms with van der Waals surface area (Å²) in [6, 6.07) is 0. The molecule has 3 fully saturated rings. The van der Waals surface area contributed by atoms with E-state index in [1.807, 2.05) is 6.92 Å². The SMILES string of the molecule is C[C@]12CC[C@H](O)CC1=CC=C1[C@@H]2[C@@H](O)C[C@@]2(C)[C@H]1CC[C@]2(O)[C@@H](O)CO. The molecular formula is C21H32O5.